The quantitative estimate of drug-likeness (QED) is 0.602. The van der Waals surface area contributed by atoms with Crippen molar-refractivity contribution in [2.24, 2.45) is 5.73 Å². The molecule has 0 bridgehead atoms. The number of amides is 1. The molecule has 3 aromatic rings. The number of alkyl halides is 1. The molecule has 0 radical (unpaired) electrons. The summed E-state index contributed by atoms with van der Waals surface area (Å²) in [6, 6.07) is 12.0. The molecule has 1 fully saturated rings. The number of aromatic nitrogens is 1. The fourth-order valence-electron chi connectivity index (χ4n) is 3.58. The van der Waals surface area contributed by atoms with E-state index < -0.39 is 18.0 Å². The fourth-order valence-corrected chi connectivity index (χ4v) is 4.66. The van der Waals surface area contributed by atoms with Crippen LogP contribution in [-0.2, 0) is 10.2 Å². The monoisotopic (exact) mass is 445 g/mol. The first-order valence-corrected chi connectivity index (χ1v) is 10.5. The van der Waals surface area contributed by atoms with E-state index >= 15 is 0 Å². The van der Waals surface area contributed by atoms with Crippen LogP contribution >= 0.6 is 22.9 Å². The molecule has 30 heavy (non-hydrogen) atoms. The Hall–Kier alpha value is -2.68. The first-order valence-electron chi connectivity index (χ1n) is 9.35. The topological polar surface area (TPSA) is 86.5 Å². The van der Waals surface area contributed by atoms with Gasteiger partial charge in [-0.05, 0) is 42.2 Å². The zero-order valence-electron chi connectivity index (χ0n) is 15.6. The first kappa shape index (κ1) is 19.3. The van der Waals surface area contributed by atoms with Gasteiger partial charge in [-0.15, -0.1) is 0 Å². The van der Waals surface area contributed by atoms with Crippen LogP contribution in [0.3, 0.4) is 0 Å². The average molecular weight is 446 g/mol. The molecule has 1 aromatic heterocycles. The first-order chi connectivity index (χ1) is 14.5. The van der Waals surface area contributed by atoms with Crippen LogP contribution < -0.4 is 20.5 Å². The van der Waals surface area contributed by atoms with Crippen molar-refractivity contribution in [2.75, 3.05) is 5.32 Å². The summed E-state index contributed by atoms with van der Waals surface area (Å²) < 4.78 is 23.2. The van der Waals surface area contributed by atoms with Crippen molar-refractivity contribution >= 4 is 34.0 Å². The Morgan fingerprint density at radius 1 is 1.27 bits per heavy atom. The van der Waals surface area contributed by atoms with E-state index in [0.29, 0.717) is 34.5 Å². The van der Waals surface area contributed by atoms with Gasteiger partial charge in [0.2, 0.25) is 5.91 Å². The van der Waals surface area contributed by atoms with Crippen molar-refractivity contribution in [1.29, 1.82) is 0 Å². The number of hydrogen-bond donors (Lipinski definition) is 2. The van der Waals surface area contributed by atoms with Gasteiger partial charge in [-0.1, -0.05) is 47.2 Å². The lowest BCUT2D eigenvalue weighted by molar-refractivity contribution is -0.118. The van der Waals surface area contributed by atoms with Gasteiger partial charge >= 0.3 is 6.54 Å². The number of fused-ring (bicyclic) bond motifs is 1. The third-order valence-electron chi connectivity index (χ3n) is 5.41. The molecule has 2 aliphatic rings. The highest BCUT2D eigenvalue weighted by molar-refractivity contribution is 7.15. The van der Waals surface area contributed by atoms with E-state index in [-0.39, 0.29) is 5.91 Å². The molecule has 3 N–H and O–H groups in total. The van der Waals surface area contributed by atoms with Crippen LogP contribution in [0.5, 0.6) is 11.5 Å². The average Bonchev–Trinajstić information content (AvgIpc) is 3.27. The van der Waals surface area contributed by atoms with Crippen LogP contribution in [0.1, 0.15) is 34.9 Å². The van der Waals surface area contributed by atoms with Gasteiger partial charge in [0.05, 0.1) is 11.5 Å². The van der Waals surface area contributed by atoms with Crippen LogP contribution in [-0.4, -0.2) is 17.4 Å². The van der Waals surface area contributed by atoms with E-state index in [1.165, 1.54) is 11.3 Å². The number of ether oxygens (including phenoxy) is 2. The Morgan fingerprint density at radius 2 is 2.03 bits per heavy atom. The number of nitrogens with one attached hydrogen (secondary N) is 1. The molecule has 2 unspecified atom stereocenters. The molecule has 1 saturated carbocycles. The maximum Gasteiger partial charge on any atom is 0.397 e. The normalized spacial score (nSPS) is 19.4. The summed E-state index contributed by atoms with van der Waals surface area (Å²) >= 11 is 7.55. The fraction of sp³-hybridized carbons (Fsp3) is 0.238. The number of thiazole rings is 1. The molecule has 1 amide bonds. The molecular formula is C21H17ClFN3O3S. The Labute approximate surface area is 180 Å². The summed E-state index contributed by atoms with van der Waals surface area (Å²) in [4.78, 5) is 18.1. The molecular weight excluding hydrogens is 429 g/mol. The van der Waals surface area contributed by atoms with E-state index in [0.717, 1.165) is 16.0 Å². The number of carbonyl (C=O) groups is 1. The summed E-state index contributed by atoms with van der Waals surface area (Å²) in [7, 11) is 0. The second-order valence-electron chi connectivity index (χ2n) is 7.27. The molecule has 5 rings (SSSR count). The zero-order valence-corrected chi connectivity index (χ0v) is 17.2. The van der Waals surface area contributed by atoms with Crippen LogP contribution in [0, 0.1) is 0 Å². The highest BCUT2D eigenvalue weighted by atomic mass is 35.5. The van der Waals surface area contributed by atoms with Gasteiger partial charge in [0.15, 0.2) is 16.6 Å². The molecule has 2 aromatic carbocycles. The number of halogens is 2. The molecule has 1 aliphatic heterocycles. The summed E-state index contributed by atoms with van der Waals surface area (Å²) in [6.07, 6.45) is 3.03. The van der Waals surface area contributed by atoms with Crippen molar-refractivity contribution in [2.45, 2.75) is 30.8 Å². The van der Waals surface area contributed by atoms with E-state index in [4.69, 9.17) is 26.8 Å². The summed E-state index contributed by atoms with van der Waals surface area (Å²) in [5.41, 5.74) is 7.22. The number of nitrogens with two attached hydrogens (primary N) is 1. The highest BCUT2D eigenvalue weighted by Gasteiger charge is 2.52. The van der Waals surface area contributed by atoms with Crippen LogP contribution in [0.2, 0.25) is 5.02 Å². The van der Waals surface area contributed by atoms with Crippen LogP contribution in [0.15, 0.2) is 48.7 Å². The highest BCUT2D eigenvalue weighted by Crippen LogP contribution is 2.51. The summed E-state index contributed by atoms with van der Waals surface area (Å²) in [5, 5.41) is 3.94. The number of hydrogen-bond acceptors (Lipinski definition) is 6. The van der Waals surface area contributed by atoms with Crippen molar-refractivity contribution in [1.82, 2.24) is 4.98 Å². The standard InChI is InChI=1S/C21H17ClFN3O3S/c22-13-4-2-1-3-12(13)17(24)16-10-25-20(30-16)26-18(27)21(7-8-21)11-5-6-14-15(9-11)29-19(23)28-14/h1-6,9-10,17,19H,7-8,24H2,(H,25,26,27). The summed E-state index contributed by atoms with van der Waals surface area (Å²) in [6.45, 7) is -1.81. The van der Waals surface area contributed by atoms with Gasteiger partial charge in [0, 0.05) is 16.1 Å². The minimum absolute atomic E-state index is 0.162. The maximum atomic E-state index is 13.3. The lowest BCUT2D eigenvalue weighted by Crippen LogP contribution is -2.27. The number of rotatable bonds is 5. The van der Waals surface area contributed by atoms with Gasteiger partial charge in [0.1, 0.15) is 0 Å². The SMILES string of the molecule is NC(c1cnc(NC(=O)C2(c3ccc4c(c3)OC(F)O4)CC2)s1)c1ccccc1Cl. The van der Waals surface area contributed by atoms with E-state index in [1.54, 1.807) is 30.5 Å². The zero-order chi connectivity index (χ0) is 20.9. The van der Waals surface area contributed by atoms with Gasteiger partial charge < -0.3 is 20.5 Å². The van der Waals surface area contributed by atoms with Crippen LogP contribution in [0.25, 0.3) is 0 Å². The molecule has 2 atom stereocenters. The Morgan fingerprint density at radius 3 is 2.80 bits per heavy atom. The van der Waals surface area contributed by atoms with Crippen molar-refractivity contribution < 1.29 is 18.7 Å². The van der Waals surface area contributed by atoms with Crippen molar-refractivity contribution in [3.63, 3.8) is 0 Å². The van der Waals surface area contributed by atoms with Gasteiger partial charge in [0.25, 0.3) is 0 Å². The lowest BCUT2D eigenvalue weighted by atomic mass is 9.94. The predicted molar refractivity (Wildman–Crippen MR) is 112 cm³/mol. The molecule has 0 saturated heterocycles. The summed E-state index contributed by atoms with van der Waals surface area (Å²) in [5.74, 6) is 0.479. The Kier molecular flexibility index (Phi) is 4.65. The molecule has 9 heteroatoms. The van der Waals surface area contributed by atoms with Gasteiger partial charge in [-0.3, -0.25) is 4.79 Å². The number of anilines is 1. The third-order valence-corrected chi connectivity index (χ3v) is 6.75. The Bertz CT molecular complexity index is 1130. The molecule has 0 spiro atoms. The minimum atomic E-state index is -1.81. The van der Waals surface area contributed by atoms with Gasteiger partial charge in [-0.2, -0.15) is 4.39 Å². The number of carbonyl (C=O) groups excluding carboxylic acids is 1. The molecule has 6 nitrogen and oxygen atoms in total. The predicted octanol–water partition coefficient (Wildman–Crippen LogP) is 4.54. The van der Waals surface area contributed by atoms with Crippen molar-refractivity contribution in [3.8, 4) is 11.5 Å². The largest absolute Gasteiger partial charge is 0.425 e. The maximum absolute atomic E-state index is 13.3. The van der Waals surface area contributed by atoms with E-state index in [2.05, 4.69) is 10.3 Å². The Balaban J connectivity index is 1.33. The third kappa shape index (κ3) is 3.30. The number of nitrogens with zero attached hydrogens (tertiary/aromatic N) is 1. The molecule has 1 aliphatic carbocycles. The smallest absolute Gasteiger partial charge is 0.397 e. The second kappa shape index (κ2) is 7.23. The second-order valence-corrected chi connectivity index (χ2v) is 8.74. The van der Waals surface area contributed by atoms with E-state index in [1.807, 2.05) is 18.2 Å². The van der Waals surface area contributed by atoms with Crippen LogP contribution in [0.4, 0.5) is 9.52 Å². The van der Waals surface area contributed by atoms with Gasteiger partial charge in [-0.25, -0.2) is 4.98 Å². The minimum Gasteiger partial charge on any atom is -0.425 e. The number of benzene rings is 2. The lowest BCUT2D eigenvalue weighted by Gasteiger charge is -2.15. The van der Waals surface area contributed by atoms with E-state index in [9.17, 15) is 9.18 Å². The van der Waals surface area contributed by atoms with Crippen molar-refractivity contribution in [3.05, 3.63) is 69.7 Å². The molecule has 2 heterocycles. The molecule has 154 valence electrons.